The van der Waals surface area contributed by atoms with Crippen molar-refractivity contribution < 1.29 is 33.4 Å². The molecule has 0 bridgehead atoms. The Kier molecular flexibility index (Phi) is 6.23. The zero-order valence-electron chi connectivity index (χ0n) is 23.0. The second-order valence-electron chi connectivity index (χ2n) is 11.5. The summed E-state index contributed by atoms with van der Waals surface area (Å²) < 4.78 is 20.0. The van der Waals surface area contributed by atoms with E-state index < -0.39 is 35.2 Å². The van der Waals surface area contributed by atoms with Gasteiger partial charge in [-0.1, -0.05) is 23.8 Å². The normalized spacial score (nSPS) is 27.5. The zero-order chi connectivity index (χ0) is 29.3. The monoisotopic (exact) mass is 568 g/mol. The van der Waals surface area contributed by atoms with E-state index in [0.717, 1.165) is 24.8 Å². The number of hydrogen-bond acceptors (Lipinski definition) is 7. The van der Waals surface area contributed by atoms with Crippen LogP contribution in [0.2, 0.25) is 0 Å². The highest BCUT2D eigenvalue weighted by Gasteiger charge is 2.56. The molecule has 0 saturated carbocycles. The van der Waals surface area contributed by atoms with Gasteiger partial charge >= 0.3 is 0 Å². The van der Waals surface area contributed by atoms with Crippen molar-refractivity contribution in [1.82, 2.24) is 0 Å². The molecule has 214 valence electrons. The third kappa shape index (κ3) is 3.90. The van der Waals surface area contributed by atoms with Gasteiger partial charge in [-0.25, -0.2) is 4.39 Å². The Balaban J connectivity index is 1.28. The van der Waals surface area contributed by atoms with Crippen LogP contribution >= 0.6 is 0 Å². The quantitative estimate of drug-likeness (QED) is 0.339. The van der Waals surface area contributed by atoms with Gasteiger partial charge in [0.2, 0.25) is 11.8 Å². The summed E-state index contributed by atoms with van der Waals surface area (Å²) in [5.74, 6) is -5.61. The molecule has 2 fully saturated rings. The Labute approximate surface area is 241 Å². The van der Waals surface area contributed by atoms with Crippen LogP contribution in [0.1, 0.15) is 31.2 Å². The van der Waals surface area contributed by atoms with Crippen molar-refractivity contribution >= 4 is 34.8 Å². The van der Waals surface area contributed by atoms with E-state index in [2.05, 4.69) is 4.90 Å². The van der Waals surface area contributed by atoms with Crippen LogP contribution in [0.25, 0.3) is 0 Å². The summed E-state index contributed by atoms with van der Waals surface area (Å²) in [7, 11) is 0. The molecule has 42 heavy (non-hydrogen) atoms. The Morgan fingerprint density at radius 1 is 0.929 bits per heavy atom. The molecule has 2 aliphatic heterocycles. The number of benzene rings is 2. The largest absolute Gasteiger partial charge is 0.505 e. The smallest absolute Gasteiger partial charge is 0.238 e. The number of anilines is 2. The van der Waals surface area contributed by atoms with Crippen molar-refractivity contribution in [3.63, 3.8) is 0 Å². The maximum atomic E-state index is 14.6. The number of para-hydroxylation sites is 1. The molecule has 2 heterocycles. The number of nitrogens with zero attached hydrogens (tertiary/aromatic N) is 2. The average molecular weight is 569 g/mol. The minimum absolute atomic E-state index is 0.119. The van der Waals surface area contributed by atoms with Gasteiger partial charge in [-0.2, -0.15) is 0 Å². The molecule has 2 aromatic carbocycles. The molecule has 8 nitrogen and oxygen atoms in total. The maximum absolute atomic E-state index is 14.6. The molecular formula is C33H29FN2O6. The van der Waals surface area contributed by atoms with Crippen LogP contribution in [-0.4, -0.2) is 54.8 Å². The van der Waals surface area contributed by atoms with E-state index in [-0.39, 0.29) is 58.5 Å². The number of phenolic OH excluding ortho intramolecular Hbond substituents is 1. The van der Waals surface area contributed by atoms with Gasteiger partial charge in [0, 0.05) is 47.0 Å². The van der Waals surface area contributed by atoms with E-state index in [4.69, 9.17) is 4.74 Å². The number of rotatable bonds is 3. The van der Waals surface area contributed by atoms with Gasteiger partial charge in [0.1, 0.15) is 0 Å². The number of carbonyl (C=O) groups is 4. The Bertz CT molecular complexity index is 1650. The molecule has 5 aliphatic rings. The van der Waals surface area contributed by atoms with Crippen molar-refractivity contribution in [2.75, 3.05) is 36.1 Å². The van der Waals surface area contributed by atoms with Gasteiger partial charge in [-0.05, 0) is 62.1 Å². The van der Waals surface area contributed by atoms with Gasteiger partial charge in [0.25, 0.3) is 0 Å². The molecule has 3 aliphatic carbocycles. The fourth-order valence-electron chi connectivity index (χ4n) is 7.39. The van der Waals surface area contributed by atoms with Crippen molar-refractivity contribution in [3.8, 4) is 5.75 Å². The number of morpholine rings is 1. The summed E-state index contributed by atoms with van der Waals surface area (Å²) >= 11 is 0. The Hall–Kier alpha value is -4.37. The second-order valence-corrected chi connectivity index (χ2v) is 11.5. The number of allylic oxidation sites excluding steroid dienone is 6. The van der Waals surface area contributed by atoms with Crippen molar-refractivity contribution in [3.05, 3.63) is 88.3 Å². The molecule has 0 spiro atoms. The van der Waals surface area contributed by atoms with Gasteiger partial charge in [0.15, 0.2) is 23.1 Å². The highest BCUT2D eigenvalue weighted by atomic mass is 19.1. The number of amides is 2. The number of ether oxygens (including phenoxy) is 1. The number of halogens is 1. The minimum atomic E-state index is -0.902. The predicted octanol–water partition coefficient (Wildman–Crippen LogP) is 4.00. The lowest BCUT2D eigenvalue weighted by atomic mass is 9.59. The fraction of sp³-hybridized carbons (Fsp3) is 0.333. The van der Waals surface area contributed by atoms with Crippen molar-refractivity contribution in [2.45, 2.75) is 25.7 Å². The van der Waals surface area contributed by atoms with E-state index in [1.807, 2.05) is 18.2 Å². The highest BCUT2D eigenvalue weighted by Crippen LogP contribution is 2.56. The van der Waals surface area contributed by atoms with E-state index in [1.54, 1.807) is 19.1 Å². The van der Waals surface area contributed by atoms with Gasteiger partial charge in [-0.15, -0.1) is 0 Å². The van der Waals surface area contributed by atoms with Gasteiger partial charge in [-0.3, -0.25) is 24.1 Å². The second kappa shape index (κ2) is 9.87. The first-order valence-electron chi connectivity index (χ1n) is 14.2. The molecule has 2 saturated heterocycles. The summed E-state index contributed by atoms with van der Waals surface area (Å²) in [4.78, 5) is 58.0. The molecule has 0 unspecified atom stereocenters. The number of fused-ring (bicyclic) bond motifs is 3. The molecule has 4 atom stereocenters. The Morgan fingerprint density at radius 3 is 2.38 bits per heavy atom. The lowest BCUT2D eigenvalue weighted by Gasteiger charge is -2.42. The predicted molar refractivity (Wildman–Crippen MR) is 151 cm³/mol. The van der Waals surface area contributed by atoms with Crippen molar-refractivity contribution in [2.24, 2.45) is 17.8 Å². The molecule has 9 heteroatoms. The zero-order valence-corrected chi connectivity index (χ0v) is 23.0. The molecule has 2 amide bonds. The molecular weight excluding hydrogens is 539 g/mol. The number of carbonyl (C=O) groups excluding carboxylic acids is 4. The number of hydrogen-bond donors (Lipinski definition) is 1. The van der Waals surface area contributed by atoms with Gasteiger partial charge < -0.3 is 14.7 Å². The Morgan fingerprint density at radius 2 is 1.64 bits per heavy atom. The fourth-order valence-corrected chi connectivity index (χ4v) is 7.39. The summed E-state index contributed by atoms with van der Waals surface area (Å²) in [6, 6.07) is 11.5. The summed E-state index contributed by atoms with van der Waals surface area (Å²) in [6.07, 6.45) is 3.51. The summed E-state index contributed by atoms with van der Waals surface area (Å²) in [5.41, 5.74) is 3.06. The summed E-state index contributed by atoms with van der Waals surface area (Å²) in [6.45, 7) is 4.37. The third-order valence-corrected chi connectivity index (χ3v) is 9.38. The van der Waals surface area contributed by atoms with Crippen LogP contribution in [0.4, 0.5) is 15.8 Å². The van der Waals surface area contributed by atoms with Crippen LogP contribution in [-0.2, 0) is 23.9 Å². The van der Waals surface area contributed by atoms with Crippen LogP contribution in [0.5, 0.6) is 5.75 Å². The third-order valence-electron chi connectivity index (χ3n) is 9.38. The number of ketones is 2. The van der Waals surface area contributed by atoms with Crippen LogP contribution in [0, 0.1) is 23.6 Å². The lowest BCUT2D eigenvalue weighted by Crippen LogP contribution is -2.39. The van der Waals surface area contributed by atoms with E-state index >= 15 is 0 Å². The molecule has 2 aromatic rings. The first kappa shape index (κ1) is 26.5. The number of phenols is 1. The molecule has 0 radical (unpaired) electrons. The van der Waals surface area contributed by atoms with E-state index in [9.17, 15) is 28.7 Å². The lowest BCUT2D eigenvalue weighted by molar-refractivity contribution is -0.123. The first-order chi connectivity index (χ1) is 20.3. The van der Waals surface area contributed by atoms with E-state index in [0.29, 0.717) is 24.5 Å². The summed E-state index contributed by atoms with van der Waals surface area (Å²) in [5, 5.41) is 10.7. The van der Waals surface area contributed by atoms with Crippen LogP contribution in [0.3, 0.4) is 0 Å². The average Bonchev–Trinajstić information content (AvgIpc) is 3.26. The van der Waals surface area contributed by atoms with Crippen LogP contribution < -0.4 is 9.80 Å². The number of imide groups is 1. The SMILES string of the molecule is CC1=CC(=O)C2=C(C[C@@H]3C(=CC[C@@H]4C(=O)N(c5ccc(N6CCOCC6)cc5)C(=O)[C@@H]43)[C@@H]2c2cccc(F)c2O)C1=O. The molecule has 0 aromatic heterocycles. The standard InChI is InChI=1S/C33H29FN2O6/c1-17-15-26(37)29-24(30(17)38)16-23-20(27(29)21-3-2-4-25(34)31(21)39)9-10-22-28(23)33(41)36(32(22)40)19-7-5-18(6-8-19)35-11-13-42-14-12-35/h2-9,15,22-23,27-28,39H,10-14,16H2,1H3/t22-,23+,27+,28-/m0/s1. The number of aromatic hydroxyl groups is 1. The number of Topliss-reactive ketones (excluding diaryl/α,β-unsaturated/α-hetero) is 1. The molecule has 7 rings (SSSR count). The molecule has 1 N–H and O–H groups in total. The first-order valence-corrected chi connectivity index (χ1v) is 14.2. The minimum Gasteiger partial charge on any atom is -0.505 e. The topological polar surface area (TPSA) is 104 Å². The maximum Gasteiger partial charge on any atom is 0.238 e. The van der Waals surface area contributed by atoms with Gasteiger partial charge in [0.05, 0.1) is 30.7 Å². The van der Waals surface area contributed by atoms with Crippen molar-refractivity contribution in [1.29, 1.82) is 0 Å². The highest BCUT2D eigenvalue weighted by molar-refractivity contribution is 6.25. The van der Waals surface area contributed by atoms with E-state index in [1.165, 1.54) is 23.1 Å². The van der Waals surface area contributed by atoms with Crippen LogP contribution in [0.15, 0.2) is 76.9 Å².